The van der Waals surface area contributed by atoms with Gasteiger partial charge in [-0.15, -0.1) is 0 Å². The highest BCUT2D eigenvalue weighted by molar-refractivity contribution is 5.53. The van der Waals surface area contributed by atoms with Gasteiger partial charge in [0.15, 0.2) is 11.5 Å². The Kier molecular flexibility index (Phi) is 3.23. The van der Waals surface area contributed by atoms with E-state index in [0.29, 0.717) is 0 Å². The summed E-state index contributed by atoms with van der Waals surface area (Å²) >= 11 is 0. The van der Waals surface area contributed by atoms with E-state index >= 15 is 0 Å². The number of hydrogen-bond donors (Lipinski definition) is 4. The van der Waals surface area contributed by atoms with Gasteiger partial charge in [0.25, 0.3) is 6.43 Å². The molecule has 16 heavy (non-hydrogen) atoms. The molecule has 1 unspecified atom stereocenters. The van der Waals surface area contributed by atoms with Crippen LogP contribution in [0.3, 0.4) is 0 Å². The van der Waals surface area contributed by atoms with Crippen molar-refractivity contribution >= 4 is 0 Å². The van der Waals surface area contributed by atoms with Crippen LogP contribution in [0, 0.1) is 0 Å². The van der Waals surface area contributed by atoms with Gasteiger partial charge in [-0.1, -0.05) is 6.07 Å². The zero-order chi connectivity index (χ0) is 12.5. The minimum absolute atomic E-state index is 0.0561. The van der Waals surface area contributed by atoms with Crippen molar-refractivity contribution < 1.29 is 24.1 Å². The Morgan fingerprint density at radius 2 is 1.81 bits per heavy atom. The van der Waals surface area contributed by atoms with Crippen molar-refractivity contribution in [3.63, 3.8) is 0 Å². The van der Waals surface area contributed by atoms with Crippen LogP contribution in [0.2, 0.25) is 0 Å². The van der Waals surface area contributed by atoms with Gasteiger partial charge in [0, 0.05) is 5.56 Å². The molecule has 0 heterocycles. The number of halogens is 2. The van der Waals surface area contributed by atoms with Crippen LogP contribution < -0.4 is 5.73 Å². The topological polar surface area (TPSA) is 86.7 Å². The molecule has 90 valence electrons. The molecule has 4 nitrogen and oxygen atoms in total. The molecule has 1 aromatic carbocycles. The summed E-state index contributed by atoms with van der Waals surface area (Å²) in [6.45, 7) is 1.14. The summed E-state index contributed by atoms with van der Waals surface area (Å²) in [5.41, 5.74) is 3.59. The van der Waals surface area contributed by atoms with Crippen LogP contribution in [0.25, 0.3) is 0 Å². The Morgan fingerprint density at radius 1 is 1.25 bits per heavy atom. The van der Waals surface area contributed by atoms with Crippen LogP contribution in [0.4, 0.5) is 8.78 Å². The van der Waals surface area contributed by atoms with Gasteiger partial charge in [0.05, 0.1) is 5.54 Å². The monoisotopic (exact) mass is 233 g/mol. The molecule has 5 N–H and O–H groups in total. The molecule has 6 heteroatoms. The Morgan fingerprint density at radius 3 is 2.31 bits per heavy atom. The molecule has 0 bridgehead atoms. The number of hydrogen-bond acceptors (Lipinski definition) is 4. The maximum atomic E-state index is 12.5. The van der Waals surface area contributed by atoms with Crippen LogP contribution in [0.1, 0.15) is 12.5 Å². The van der Waals surface area contributed by atoms with Crippen molar-refractivity contribution in [1.29, 1.82) is 0 Å². The molecule has 0 saturated heterocycles. The van der Waals surface area contributed by atoms with Crippen molar-refractivity contribution in [1.82, 2.24) is 0 Å². The fraction of sp³-hybridized carbons (Fsp3) is 0.400. The highest BCUT2D eigenvalue weighted by Crippen LogP contribution is 2.38. The Bertz CT molecular complexity index is 394. The van der Waals surface area contributed by atoms with E-state index in [0.717, 1.165) is 13.0 Å². The standard InChI is InChI=1S/C10H13F2NO3/c1-10(13,9(11)12)4-5-2-3-6(14)8(16)7(5)15/h2-3,9,14-16H,4,13H2,1H3. The normalized spacial score (nSPS) is 15.1. The van der Waals surface area contributed by atoms with E-state index in [-0.39, 0.29) is 12.0 Å². The van der Waals surface area contributed by atoms with Crippen LogP contribution in [0.15, 0.2) is 12.1 Å². The maximum Gasteiger partial charge on any atom is 0.256 e. The van der Waals surface area contributed by atoms with Crippen LogP contribution in [-0.4, -0.2) is 27.3 Å². The van der Waals surface area contributed by atoms with Gasteiger partial charge >= 0.3 is 0 Å². The Balaban J connectivity index is 3.04. The van der Waals surface area contributed by atoms with Crippen LogP contribution >= 0.6 is 0 Å². The van der Waals surface area contributed by atoms with Gasteiger partial charge in [-0.25, -0.2) is 8.78 Å². The molecule has 0 spiro atoms. The molecule has 1 rings (SSSR count). The molecule has 0 amide bonds. The number of benzene rings is 1. The second-order valence-electron chi connectivity index (χ2n) is 3.92. The zero-order valence-corrected chi connectivity index (χ0v) is 8.61. The molecule has 1 aromatic rings. The van der Waals surface area contributed by atoms with Crippen molar-refractivity contribution in [3.05, 3.63) is 17.7 Å². The summed E-state index contributed by atoms with van der Waals surface area (Å²) in [6.07, 6.45) is -3.08. The van der Waals surface area contributed by atoms with E-state index in [9.17, 15) is 19.0 Å². The molecule has 0 radical (unpaired) electrons. The van der Waals surface area contributed by atoms with Crippen molar-refractivity contribution in [2.75, 3.05) is 0 Å². The predicted octanol–water partition coefficient (Wildman–Crippen LogP) is 1.33. The third-order valence-corrected chi connectivity index (χ3v) is 2.28. The third-order valence-electron chi connectivity index (χ3n) is 2.28. The van der Waals surface area contributed by atoms with Crippen LogP contribution in [-0.2, 0) is 6.42 Å². The minimum Gasteiger partial charge on any atom is -0.504 e. The quantitative estimate of drug-likeness (QED) is 0.593. The predicted molar refractivity (Wildman–Crippen MR) is 53.7 cm³/mol. The second-order valence-corrected chi connectivity index (χ2v) is 3.92. The van der Waals surface area contributed by atoms with E-state index < -0.39 is 29.2 Å². The van der Waals surface area contributed by atoms with E-state index in [1.54, 1.807) is 0 Å². The molecule has 0 aliphatic heterocycles. The van der Waals surface area contributed by atoms with Gasteiger partial charge in [-0.3, -0.25) is 0 Å². The highest BCUT2D eigenvalue weighted by Gasteiger charge is 2.31. The number of rotatable bonds is 3. The van der Waals surface area contributed by atoms with Crippen LogP contribution in [0.5, 0.6) is 17.2 Å². The van der Waals surface area contributed by atoms with Gasteiger partial charge < -0.3 is 21.1 Å². The average molecular weight is 233 g/mol. The Labute approximate surface area is 90.9 Å². The summed E-state index contributed by atoms with van der Waals surface area (Å²) in [5, 5.41) is 27.6. The molecular formula is C10H13F2NO3. The lowest BCUT2D eigenvalue weighted by atomic mass is 9.93. The first-order valence-corrected chi connectivity index (χ1v) is 4.55. The molecule has 0 aliphatic carbocycles. The summed E-state index contributed by atoms with van der Waals surface area (Å²) in [5.74, 6) is -1.88. The summed E-state index contributed by atoms with van der Waals surface area (Å²) in [4.78, 5) is 0. The average Bonchev–Trinajstić information content (AvgIpc) is 2.19. The highest BCUT2D eigenvalue weighted by atomic mass is 19.3. The SMILES string of the molecule is CC(N)(Cc1ccc(O)c(O)c1O)C(F)F. The molecule has 0 fully saturated rings. The molecule has 0 aliphatic rings. The lowest BCUT2D eigenvalue weighted by Gasteiger charge is -2.24. The van der Waals surface area contributed by atoms with E-state index in [1.807, 2.05) is 0 Å². The van der Waals surface area contributed by atoms with Crippen molar-refractivity contribution in [2.24, 2.45) is 5.73 Å². The Hall–Kier alpha value is -1.56. The number of phenols is 3. The lowest BCUT2D eigenvalue weighted by molar-refractivity contribution is 0.0636. The summed E-state index contributed by atoms with van der Waals surface area (Å²) < 4.78 is 25.0. The first kappa shape index (κ1) is 12.5. The van der Waals surface area contributed by atoms with E-state index in [2.05, 4.69) is 0 Å². The number of phenolic OH excluding ortho intramolecular Hbond substituents is 3. The molecular weight excluding hydrogens is 220 g/mol. The van der Waals surface area contributed by atoms with Gasteiger partial charge in [0.1, 0.15) is 0 Å². The second kappa shape index (κ2) is 4.13. The largest absolute Gasteiger partial charge is 0.504 e. The number of aromatic hydroxyl groups is 3. The third kappa shape index (κ3) is 2.33. The first-order valence-electron chi connectivity index (χ1n) is 4.55. The van der Waals surface area contributed by atoms with Gasteiger partial charge in [0.2, 0.25) is 5.75 Å². The van der Waals surface area contributed by atoms with E-state index in [1.165, 1.54) is 6.07 Å². The lowest BCUT2D eigenvalue weighted by Crippen LogP contribution is -2.45. The maximum absolute atomic E-state index is 12.5. The number of alkyl halides is 2. The summed E-state index contributed by atoms with van der Waals surface area (Å²) in [6, 6.07) is 2.34. The van der Waals surface area contributed by atoms with Gasteiger partial charge in [-0.2, -0.15) is 0 Å². The van der Waals surface area contributed by atoms with E-state index in [4.69, 9.17) is 10.8 Å². The molecule has 0 saturated carbocycles. The first-order chi connectivity index (χ1) is 7.25. The minimum atomic E-state index is -2.76. The molecule has 0 aromatic heterocycles. The van der Waals surface area contributed by atoms with Gasteiger partial charge in [-0.05, 0) is 19.4 Å². The molecule has 1 atom stereocenters. The number of nitrogens with two attached hydrogens (primary N) is 1. The summed E-state index contributed by atoms with van der Waals surface area (Å²) in [7, 11) is 0. The fourth-order valence-electron chi connectivity index (χ4n) is 1.24. The van der Waals surface area contributed by atoms with Crippen molar-refractivity contribution in [2.45, 2.75) is 25.3 Å². The fourth-order valence-corrected chi connectivity index (χ4v) is 1.24. The smallest absolute Gasteiger partial charge is 0.256 e. The zero-order valence-electron chi connectivity index (χ0n) is 8.61. The van der Waals surface area contributed by atoms with Crippen molar-refractivity contribution in [3.8, 4) is 17.2 Å².